The van der Waals surface area contributed by atoms with Gasteiger partial charge in [0.2, 0.25) is 5.95 Å². The molecule has 1 aliphatic rings. The second-order valence-corrected chi connectivity index (χ2v) is 7.76. The van der Waals surface area contributed by atoms with Gasteiger partial charge in [0.25, 0.3) is 5.91 Å². The first-order chi connectivity index (χ1) is 15.7. The Morgan fingerprint density at radius 2 is 1.88 bits per heavy atom. The van der Waals surface area contributed by atoms with E-state index in [1.807, 2.05) is 6.92 Å². The molecule has 3 heterocycles. The SMILES string of the molecule is CCC(=O)c1cc([C@@]2(c3ccc(F)c(-c4cccnc4F)c3)N=C(N)N(C)C2=O)cn1CC. The van der Waals surface area contributed by atoms with Crippen molar-refractivity contribution in [3.8, 4) is 11.1 Å². The van der Waals surface area contributed by atoms with Crippen molar-refractivity contribution in [3.63, 3.8) is 0 Å². The number of guanidine groups is 1. The molecule has 1 atom stereocenters. The summed E-state index contributed by atoms with van der Waals surface area (Å²) in [7, 11) is 1.49. The Morgan fingerprint density at radius 1 is 1.12 bits per heavy atom. The average Bonchev–Trinajstić information content (AvgIpc) is 3.35. The standard InChI is InChI=1S/C24H23F2N5O2/c1-4-20(32)19-12-15(13-31(19)5-2)24(22(33)30(3)23(27)29-24)14-8-9-18(25)17(11-14)16-7-6-10-28-21(16)26/h6-13H,4-5H2,1-3H3,(H2,27,29)/t24-/m1/s1. The zero-order valence-electron chi connectivity index (χ0n) is 18.5. The summed E-state index contributed by atoms with van der Waals surface area (Å²) in [5.74, 6) is -2.09. The zero-order valence-corrected chi connectivity index (χ0v) is 18.5. The normalized spacial score (nSPS) is 18.0. The summed E-state index contributed by atoms with van der Waals surface area (Å²) in [6, 6.07) is 8.49. The number of halogens is 2. The van der Waals surface area contributed by atoms with Crippen LogP contribution in [0.2, 0.25) is 0 Å². The number of hydrogen-bond acceptors (Lipinski definition) is 5. The highest BCUT2D eigenvalue weighted by Crippen LogP contribution is 2.42. The number of aryl methyl sites for hydroxylation is 1. The van der Waals surface area contributed by atoms with Gasteiger partial charge < -0.3 is 10.3 Å². The van der Waals surface area contributed by atoms with E-state index < -0.39 is 23.2 Å². The summed E-state index contributed by atoms with van der Waals surface area (Å²) in [5.41, 5.74) is 5.42. The number of benzene rings is 1. The molecule has 4 rings (SSSR count). The number of rotatable bonds is 6. The van der Waals surface area contributed by atoms with E-state index in [-0.39, 0.29) is 29.3 Å². The summed E-state index contributed by atoms with van der Waals surface area (Å²) in [6.07, 6.45) is 3.24. The molecule has 2 N–H and O–H groups in total. The maximum atomic E-state index is 14.8. The van der Waals surface area contributed by atoms with E-state index in [9.17, 15) is 18.4 Å². The fraction of sp³-hybridized carbons (Fsp3) is 0.250. The molecule has 0 aliphatic carbocycles. The molecule has 0 radical (unpaired) electrons. The zero-order chi connectivity index (χ0) is 23.9. The molecule has 0 unspecified atom stereocenters. The molecule has 0 saturated heterocycles. The first-order valence-corrected chi connectivity index (χ1v) is 10.5. The number of ketones is 1. The molecule has 0 spiro atoms. The summed E-state index contributed by atoms with van der Waals surface area (Å²) in [4.78, 5) is 35.4. The summed E-state index contributed by atoms with van der Waals surface area (Å²) in [6.45, 7) is 4.13. The molecule has 1 aliphatic heterocycles. The van der Waals surface area contributed by atoms with Gasteiger partial charge in [0.1, 0.15) is 5.82 Å². The molecule has 33 heavy (non-hydrogen) atoms. The van der Waals surface area contributed by atoms with Crippen molar-refractivity contribution in [2.45, 2.75) is 32.4 Å². The lowest BCUT2D eigenvalue weighted by Crippen LogP contribution is -2.41. The second-order valence-electron chi connectivity index (χ2n) is 7.76. The van der Waals surface area contributed by atoms with E-state index in [1.54, 1.807) is 23.8 Å². The molecule has 0 bridgehead atoms. The molecule has 0 saturated carbocycles. The Balaban J connectivity index is 2.00. The molecule has 7 nitrogen and oxygen atoms in total. The van der Waals surface area contributed by atoms with E-state index in [0.29, 0.717) is 23.4 Å². The molecule has 1 aromatic carbocycles. The van der Waals surface area contributed by atoms with Gasteiger partial charge in [-0.05, 0) is 42.8 Å². The van der Waals surface area contributed by atoms with E-state index in [2.05, 4.69) is 9.98 Å². The van der Waals surface area contributed by atoms with Gasteiger partial charge in [-0.15, -0.1) is 0 Å². The highest BCUT2D eigenvalue weighted by molar-refractivity contribution is 6.09. The van der Waals surface area contributed by atoms with Crippen molar-refractivity contribution in [1.29, 1.82) is 0 Å². The lowest BCUT2D eigenvalue weighted by molar-refractivity contribution is -0.129. The molecule has 9 heteroatoms. The van der Waals surface area contributed by atoms with Crippen LogP contribution < -0.4 is 5.73 Å². The fourth-order valence-electron chi connectivity index (χ4n) is 4.11. The number of Topliss-reactive ketones (excluding diaryl/α,β-unsaturated/α-hetero) is 1. The van der Waals surface area contributed by atoms with Crippen LogP contribution in [0.25, 0.3) is 11.1 Å². The van der Waals surface area contributed by atoms with Crippen LogP contribution in [0.1, 0.15) is 41.9 Å². The van der Waals surface area contributed by atoms with Gasteiger partial charge in [-0.1, -0.05) is 13.0 Å². The Labute approximate surface area is 189 Å². The average molecular weight is 451 g/mol. The minimum Gasteiger partial charge on any atom is -0.369 e. The summed E-state index contributed by atoms with van der Waals surface area (Å²) < 4.78 is 30.9. The number of carbonyl (C=O) groups excluding carboxylic acids is 2. The molecule has 2 aromatic heterocycles. The van der Waals surface area contributed by atoms with Crippen molar-refractivity contribution in [1.82, 2.24) is 14.5 Å². The summed E-state index contributed by atoms with van der Waals surface area (Å²) >= 11 is 0. The third-order valence-electron chi connectivity index (χ3n) is 5.94. The predicted molar refractivity (Wildman–Crippen MR) is 119 cm³/mol. The third-order valence-corrected chi connectivity index (χ3v) is 5.94. The van der Waals surface area contributed by atoms with Crippen LogP contribution in [0.5, 0.6) is 0 Å². The van der Waals surface area contributed by atoms with E-state index >= 15 is 0 Å². The smallest absolute Gasteiger partial charge is 0.266 e. The van der Waals surface area contributed by atoms with E-state index in [4.69, 9.17) is 5.73 Å². The quantitative estimate of drug-likeness (QED) is 0.459. The molecular formula is C24H23F2N5O2. The van der Waals surface area contributed by atoms with Gasteiger partial charge in [0.15, 0.2) is 17.3 Å². The summed E-state index contributed by atoms with van der Waals surface area (Å²) in [5, 5.41) is 0. The van der Waals surface area contributed by atoms with Crippen molar-refractivity contribution in [2.24, 2.45) is 10.7 Å². The first kappa shape index (κ1) is 22.3. The number of hydrogen-bond donors (Lipinski definition) is 1. The number of carbonyl (C=O) groups is 2. The fourth-order valence-corrected chi connectivity index (χ4v) is 4.11. The Bertz CT molecular complexity index is 1300. The number of likely N-dealkylation sites (N-methyl/N-ethyl adjacent to an activating group) is 1. The van der Waals surface area contributed by atoms with Gasteiger partial charge >= 0.3 is 0 Å². The Hall–Kier alpha value is -3.88. The predicted octanol–water partition coefficient (Wildman–Crippen LogP) is 3.47. The van der Waals surface area contributed by atoms with Crippen LogP contribution in [0, 0.1) is 11.8 Å². The van der Waals surface area contributed by atoms with E-state index in [0.717, 1.165) is 6.07 Å². The molecule has 3 aromatic rings. The lowest BCUT2D eigenvalue weighted by atomic mass is 9.82. The maximum Gasteiger partial charge on any atom is 0.266 e. The number of nitrogens with two attached hydrogens (primary N) is 1. The minimum absolute atomic E-state index is 0.0222. The Kier molecular flexibility index (Phi) is 5.57. The van der Waals surface area contributed by atoms with Gasteiger partial charge in [-0.25, -0.2) is 14.4 Å². The second kappa shape index (κ2) is 8.23. The Morgan fingerprint density at radius 3 is 2.48 bits per heavy atom. The van der Waals surface area contributed by atoms with Gasteiger partial charge in [-0.3, -0.25) is 14.5 Å². The van der Waals surface area contributed by atoms with Gasteiger partial charge in [-0.2, -0.15) is 4.39 Å². The van der Waals surface area contributed by atoms with Crippen LogP contribution in [0.15, 0.2) is 53.8 Å². The van der Waals surface area contributed by atoms with Gasteiger partial charge in [0, 0.05) is 49.1 Å². The number of amides is 1. The highest BCUT2D eigenvalue weighted by atomic mass is 19.1. The number of pyridine rings is 1. The highest BCUT2D eigenvalue weighted by Gasteiger charge is 2.50. The van der Waals surface area contributed by atoms with Crippen LogP contribution in [0.3, 0.4) is 0 Å². The molecular weight excluding hydrogens is 428 g/mol. The maximum absolute atomic E-state index is 14.8. The van der Waals surface area contributed by atoms with Crippen molar-refractivity contribution >= 4 is 17.6 Å². The topological polar surface area (TPSA) is 93.6 Å². The van der Waals surface area contributed by atoms with Crippen molar-refractivity contribution in [2.75, 3.05) is 7.05 Å². The minimum atomic E-state index is -1.65. The van der Waals surface area contributed by atoms with Crippen LogP contribution in [-0.4, -0.2) is 39.1 Å². The number of aliphatic imine (C=N–C) groups is 1. The largest absolute Gasteiger partial charge is 0.369 e. The van der Waals surface area contributed by atoms with Crippen LogP contribution in [-0.2, 0) is 16.9 Å². The van der Waals surface area contributed by atoms with Crippen LogP contribution in [0.4, 0.5) is 8.78 Å². The van der Waals surface area contributed by atoms with Crippen molar-refractivity contribution < 1.29 is 18.4 Å². The van der Waals surface area contributed by atoms with Crippen LogP contribution >= 0.6 is 0 Å². The third kappa shape index (κ3) is 3.40. The van der Waals surface area contributed by atoms with Gasteiger partial charge in [0.05, 0.1) is 5.69 Å². The lowest BCUT2D eigenvalue weighted by Gasteiger charge is -2.25. The molecule has 170 valence electrons. The van der Waals surface area contributed by atoms with Crippen molar-refractivity contribution in [3.05, 3.63) is 77.4 Å². The monoisotopic (exact) mass is 451 g/mol. The number of aromatic nitrogens is 2. The molecule has 1 amide bonds. The first-order valence-electron chi connectivity index (χ1n) is 10.5. The number of nitrogens with zero attached hydrogens (tertiary/aromatic N) is 4. The van der Waals surface area contributed by atoms with E-state index in [1.165, 1.54) is 42.4 Å². The molecule has 0 fully saturated rings.